The summed E-state index contributed by atoms with van der Waals surface area (Å²) in [5.41, 5.74) is 1.76. The molecule has 1 atom stereocenters. The van der Waals surface area contributed by atoms with Gasteiger partial charge in [-0.25, -0.2) is 4.79 Å². The number of carbonyl (C=O) groups excluding carboxylic acids is 3. The molecule has 1 heterocycles. The van der Waals surface area contributed by atoms with Crippen molar-refractivity contribution in [3.8, 4) is 0 Å². The van der Waals surface area contributed by atoms with E-state index in [0.717, 1.165) is 5.56 Å². The van der Waals surface area contributed by atoms with Crippen LogP contribution in [0.25, 0.3) is 0 Å². The summed E-state index contributed by atoms with van der Waals surface area (Å²) < 4.78 is 9.84. The van der Waals surface area contributed by atoms with Gasteiger partial charge in [0.1, 0.15) is 6.04 Å². The Labute approximate surface area is 167 Å². The van der Waals surface area contributed by atoms with Crippen molar-refractivity contribution in [2.24, 2.45) is 0 Å². The summed E-state index contributed by atoms with van der Waals surface area (Å²) in [5, 5.41) is 5.37. The molecule has 7 heteroatoms. The standard InChI is InChI=1S/C22H20N2O5/c1-28-22(27)18(14-15-6-3-2-4-7-15)24-20(25)16-9-11-17(12-10-16)23-21(26)19-8-5-13-29-19/h2-13,18H,14H2,1H3,(H,23,26)(H,24,25)/t18-/m0/s1. The van der Waals surface area contributed by atoms with Gasteiger partial charge in [0.25, 0.3) is 11.8 Å². The van der Waals surface area contributed by atoms with Crippen molar-refractivity contribution >= 4 is 23.5 Å². The zero-order valence-electron chi connectivity index (χ0n) is 15.8. The number of esters is 1. The number of hydrogen-bond donors (Lipinski definition) is 2. The molecule has 0 fully saturated rings. The molecule has 0 saturated carbocycles. The van der Waals surface area contributed by atoms with Crippen molar-refractivity contribution in [2.75, 3.05) is 12.4 Å². The second kappa shape index (κ2) is 9.36. The Bertz CT molecular complexity index is 966. The summed E-state index contributed by atoms with van der Waals surface area (Å²) in [7, 11) is 1.28. The van der Waals surface area contributed by atoms with Gasteiger partial charge in [-0.3, -0.25) is 9.59 Å². The van der Waals surface area contributed by atoms with E-state index in [1.807, 2.05) is 30.3 Å². The Morgan fingerprint density at radius 1 is 0.931 bits per heavy atom. The zero-order chi connectivity index (χ0) is 20.6. The molecule has 2 amide bonds. The first-order chi connectivity index (χ1) is 14.1. The Hall–Kier alpha value is -3.87. The number of carbonyl (C=O) groups is 3. The van der Waals surface area contributed by atoms with Gasteiger partial charge < -0.3 is 19.8 Å². The average Bonchev–Trinajstić information content (AvgIpc) is 3.29. The lowest BCUT2D eigenvalue weighted by atomic mass is 10.1. The number of ether oxygens (including phenoxy) is 1. The van der Waals surface area contributed by atoms with Crippen LogP contribution in [0.4, 0.5) is 5.69 Å². The molecule has 29 heavy (non-hydrogen) atoms. The van der Waals surface area contributed by atoms with Crippen molar-refractivity contribution in [1.29, 1.82) is 0 Å². The van der Waals surface area contributed by atoms with Gasteiger partial charge in [0.05, 0.1) is 13.4 Å². The van der Waals surface area contributed by atoms with Crippen LogP contribution in [0, 0.1) is 0 Å². The second-order valence-electron chi connectivity index (χ2n) is 6.25. The van der Waals surface area contributed by atoms with Gasteiger partial charge in [0.15, 0.2) is 5.76 Å². The molecule has 3 aromatic rings. The molecule has 0 spiro atoms. The number of amides is 2. The highest BCUT2D eigenvalue weighted by atomic mass is 16.5. The molecule has 2 aromatic carbocycles. The minimum Gasteiger partial charge on any atom is -0.467 e. The topological polar surface area (TPSA) is 97.6 Å². The van der Waals surface area contributed by atoms with Crippen LogP contribution >= 0.6 is 0 Å². The largest absolute Gasteiger partial charge is 0.467 e. The van der Waals surface area contributed by atoms with E-state index in [-0.39, 0.29) is 11.7 Å². The smallest absolute Gasteiger partial charge is 0.328 e. The lowest BCUT2D eigenvalue weighted by Crippen LogP contribution is -2.43. The predicted molar refractivity (Wildman–Crippen MR) is 107 cm³/mol. The number of benzene rings is 2. The van der Waals surface area contributed by atoms with E-state index in [1.54, 1.807) is 36.4 Å². The van der Waals surface area contributed by atoms with Gasteiger partial charge in [0.2, 0.25) is 0 Å². The maximum Gasteiger partial charge on any atom is 0.328 e. The molecule has 2 N–H and O–H groups in total. The molecule has 0 radical (unpaired) electrons. The SMILES string of the molecule is COC(=O)[C@H](Cc1ccccc1)NC(=O)c1ccc(NC(=O)c2ccco2)cc1. The lowest BCUT2D eigenvalue weighted by molar-refractivity contribution is -0.142. The van der Waals surface area contributed by atoms with Crippen LogP contribution in [0.5, 0.6) is 0 Å². The summed E-state index contributed by atoms with van der Waals surface area (Å²) in [6.45, 7) is 0. The molecule has 3 rings (SSSR count). The van der Waals surface area contributed by atoms with Gasteiger partial charge in [-0.1, -0.05) is 30.3 Å². The van der Waals surface area contributed by atoms with Crippen LogP contribution in [0.15, 0.2) is 77.4 Å². The third-order valence-corrected chi connectivity index (χ3v) is 4.22. The van der Waals surface area contributed by atoms with Crippen LogP contribution in [0.2, 0.25) is 0 Å². The van der Waals surface area contributed by atoms with Gasteiger partial charge >= 0.3 is 5.97 Å². The number of furan rings is 1. The highest BCUT2D eigenvalue weighted by Gasteiger charge is 2.22. The monoisotopic (exact) mass is 392 g/mol. The molecule has 7 nitrogen and oxygen atoms in total. The molecule has 1 aromatic heterocycles. The molecular formula is C22H20N2O5. The Balaban J connectivity index is 1.65. The van der Waals surface area contributed by atoms with E-state index < -0.39 is 17.9 Å². The molecular weight excluding hydrogens is 372 g/mol. The van der Waals surface area contributed by atoms with E-state index >= 15 is 0 Å². The van der Waals surface area contributed by atoms with Crippen molar-refractivity contribution in [3.05, 3.63) is 89.9 Å². The van der Waals surface area contributed by atoms with Crippen molar-refractivity contribution in [3.63, 3.8) is 0 Å². The Morgan fingerprint density at radius 3 is 2.28 bits per heavy atom. The molecule has 148 valence electrons. The highest BCUT2D eigenvalue weighted by molar-refractivity contribution is 6.02. The number of anilines is 1. The first kappa shape index (κ1) is 19.9. The van der Waals surface area contributed by atoms with Crippen molar-refractivity contribution < 1.29 is 23.5 Å². The maximum absolute atomic E-state index is 12.6. The normalized spacial score (nSPS) is 11.3. The van der Waals surface area contributed by atoms with E-state index in [9.17, 15) is 14.4 Å². The Morgan fingerprint density at radius 2 is 1.66 bits per heavy atom. The third kappa shape index (κ3) is 5.32. The molecule has 0 aliphatic heterocycles. The predicted octanol–water partition coefficient (Wildman–Crippen LogP) is 3.05. The molecule has 0 aliphatic rings. The van der Waals surface area contributed by atoms with Gasteiger partial charge in [-0.15, -0.1) is 0 Å². The van der Waals surface area contributed by atoms with Gasteiger partial charge in [0, 0.05) is 17.7 Å². The molecule has 0 unspecified atom stereocenters. The number of hydrogen-bond acceptors (Lipinski definition) is 5. The van der Waals surface area contributed by atoms with Crippen LogP contribution in [-0.4, -0.2) is 30.9 Å². The molecule has 0 aliphatic carbocycles. The summed E-state index contributed by atoms with van der Waals surface area (Å²) in [4.78, 5) is 36.6. The fourth-order valence-electron chi connectivity index (χ4n) is 2.73. The lowest BCUT2D eigenvalue weighted by Gasteiger charge is -2.17. The molecule has 0 saturated heterocycles. The Kier molecular flexibility index (Phi) is 6.42. The van der Waals surface area contributed by atoms with Crippen LogP contribution in [-0.2, 0) is 16.0 Å². The minimum absolute atomic E-state index is 0.189. The van der Waals surface area contributed by atoms with Crippen LogP contribution in [0.1, 0.15) is 26.5 Å². The van der Waals surface area contributed by atoms with Crippen molar-refractivity contribution in [1.82, 2.24) is 5.32 Å². The summed E-state index contributed by atoms with van der Waals surface area (Å²) >= 11 is 0. The average molecular weight is 392 g/mol. The number of rotatable bonds is 7. The summed E-state index contributed by atoms with van der Waals surface area (Å²) in [6.07, 6.45) is 1.73. The van der Waals surface area contributed by atoms with Crippen LogP contribution in [0.3, 0.4) is 0 Å². The molecule has 0 bridgehead atoms. The third-order valence-electron chi connectivity index (χ3n) is 4.22. The van der Waals surface area contributed by atoms with Gasteiger partial charge in [-0.2, -0.15) is 0 Å². The fourth-order valence-corrected chi connectivity index (χ4v) is 2.73. The quantitative estimate of drug-likeness (QED) is 0.603. The maximum atomic E-state index is 12.6. The van der Waals surface area contributed by atoms with E-state index in [1.165, 1.54) is 13.4 Å². The van der Waals surface area contributed by atoms with Gasteiger partial charge in [-0.05, 0) is 42.0 Å². The van der Waals surface area contributed by atoms with Crippen molar-refractivity contribution in [2.45, 2.75) is 12.5 Å². The summed E-state index contributed by atoms with van der Waals surface area (Å²) in [5.74, 6) is -1.14. The van der Waals surface area contributed by atoms with Crippen LogP contribution < -0.4 is 10.6 Å². The fraction of sp³-hybridized carbons (Fsp3) is 0.136. The van der Waals surface area contributed by atoms with E-state index in [4.69, 9.17) is 9.15 Å². The van der Waals surface area contributed by atoms with E-state index in [0.29, 0.717) is 17.7 Å². The first-order valence-electron chi connectivity index (χ1n) is 8.94. The summed E-state index contributed by atoms with van der Waals surface area (Å²) in [6, 6.07) is 18.0. The zero-order valence-corrected chi connectivity index (χ0v) is 15.8. The number of methoxy groups -OCH3 is 1. The van der Waals surface area contributed by atoms with E-state index in [2.05, 4.69) is 10.6 Å². The first-order valence-corrected chi connectivity index (χ1v) is 8.94. The highest BCUT2D eigenvalue weighted by Crippen LogP contribution is 2.13. The minimum atomic E-state index is -0.812. The number of nitrogens with one attached hydrogen (secondary N) is 2. The second-order valence-corrected chi connectivity index (χ2v) is 6.25.